The van der Waals surface area contributed by atoms with Crippen LogP contribution >= 0.6 is 0 Å². The topological polar surface area (TPSA) is 113 Å². The number of primary amides is 1. The molecule has 0 spiro atoms. The molecule has 1 atom stereocenters. The van der Waals surface area contributed by atoms with Crippen LogP contribution in [0, 0.1) is 18.7 Å². The number of aryl methyl sites for hydroxylation is 1. The highest BCUT2D eigenvalue weighted by atomic mass is 19.1. The van der Waals surface area contributed by atoms with Crippen molar-refractivity contribution < 1.29 is 18.7 Å². The van der Waals surface area contributed by atoms with E-state index in [2.05, 4.69) is 28.6 Å². The van der Waals surface area contributed by atoms with E-state index in [1.807, 2.05) is 6.92 Å². The van der Waals surface area contributed by atoms with Crippen molar-refractivity contribution in [3.8, 4) is 22.9 Å². The van der Waals surface area contributed by atoms with E-state index in [9.17, 15) is 9.18 Å². The van der Waals surface area contributed by atoms with E-state index in [1.165, 1.54) is 12.3 Å². The van der Waals surface area contributed by atoms with E-state index in [4.69, 9.17) is 16.2 Å². The van der Waals surface area contributed by atoms with Crippen LogP contribution in [0.25, 0.3) is 11.3 Å². The third-order valence-corrected chi connectivity index (χ3v) is 3.80. The van der Waals surface area contributed by atoms with Crippen LogP contribution in [0.3, 0.4) is 0 Å². The smallest absolute Gasteiger partial charge is 0.411 e. The Labute approximate surface area is 157 Å². The second-order valence-corrected chi connectivity index (χ2v) is 7.22. The van der Waals surface area contributed by atoms with Gasteiger partial charge in [0, 0.05) is 17.3 Å². The number of hydrogen-bond acceptors (Lipinski definition) is 6. The number of nitrogens with zero attached hydrogens (tertiary/aromatic N) is 2. The van der Waals surface area contributed by atoms with Gasteiger partial charge in [-0.05, 0) is 44.4 Å². The predicted molar refractivity (Wildman–Crippen MR) is 99.9 cm³/mol. The Kier molecular flexibility index (Phi) is 6.32. The number of nitrogens with two attached hydrogens (primary N) is 2. The summed E-state index contributed by atoms with van der Waals surface area (Å²) in [6.07, 6.45) is 0.990. The molecule has 0 bridgehead atoms. The van der Waals surface area contributed by atoms with Crippen molar-refractivity contribution in [1.29, 1.82) is 0 Å². The van der Waals surface area contributed by atoms with Gasteiger partial charge in [0.05, 0.1) is 11.4 Å². The van der Waals surface area contributed by atoms with Crippen LogP contribution in [0.15, 0.2) is 24.4 Å². The van der Waals surface area contributed by atoms with Crippen LogP contribution in [-0.2, 0) is 0 Å². The molecule has 8 heteroatoms. The Hall–Kier alpha value is -2.74. The standard InChI is InChI=1S/C19H25FN4O3/c1-11(2)9-19(4,22)10-26-15-6-5-14(24-12(15)3)13-7-8-23-17(16(13)20)27-18(21)25/h5-8,11H,9-10,22H2,1-4H3,(H2,21,25). The maximum absolute atomic E-state index is 14.5. The van der Waals surface area contributed by atoms with Crippen molar-refractivity contribution in [2.45, 2.75) is 39.7 Å². The number of hydrogen-bond donors (Lipinski definition) is 2. The van der Waals surface area contributed by atoms with E-state index in [0.717, 1.165) is 6.42 Å². The molecule has 0 aliphatic rings. The zero-order valence-corrected chi connectivity index (χ0v) is 16.0. The third kappa shape index (κ3) is 5.62. The van der Waals surface area contributed by atoms with Crippen LogP contribution in [0.5, 0.6) is 11.6 Å². The minimum Gasteiger partial charge on any atom is -0.490 e. The molecule has 0 fully saturated rings. The second-order valence-electron chi connectivity index (χ2n) is 7.22. The second kappa shape index (κ2) is 8.30. The molecule has 0 saturated carbocycles. The molecule has 27 heavy (non-hydrogen) atoms. The van der Waals surface area contributed by atoms with Crippen LogP contribution in [-0.4, -0.2) is 28.2 Å². The lowest BCUT2D eigenvalue weighted by Gasteiger charge is -2.27. The molecule has 0 radical (unpaired) electrons. The molecule has 146 valence electrons. The first kappa shape index (κ1) is 20.6. The van der Waals surface area contributed by atoms with Crippen molar-refractivity contribution in [2.24, 2.45) is 17.4 Å². The number of carbonyl (C=O) groups excluding carboxylic acids is 1. The van der Waals surface area contributed by atoms with E-state index in [1.54, 1.807) is 19.1 Å². The molecular formula is C19H25FN4O3. The summed E-state index contributed by atoms with van der Waals surface area (Å²) in [6, 6.07) is 4.76. The summed E-state index contributed by atoms with van der Waals surface area (Å²) in [5.41, 5.74) is 11.8. The van der Waals surface area contributed by atoms with Crippen LogP contribution < -0.4 is 20.9 Å². The van der Waals surface area contributed by atoms with Gasteiger partial charge in [-0.1, -0.05) is 13.8 Å². The Morgan fingerprint density at radius 2 is 2.04 bits per heavy atom. The van der Waals surface area contributed by atoms with Crippen molar-refractivity contribution in [1.82, 2.24) is 9.97 Å². The molecule has 0 aliphatic carbocycles. The lowest BCUT2D eigenvalue weighted by molar-refractivity contribution is 0.205. The first-order chi connectivity index (χ1) is 12.6. The van der Waals surface area contributed by atoms with Gasteiger partial charge in [-0.3, -0.25) is 0 Å². The number of halogens is 1. The number of amides is 1. The quantitative estimate of drug-likeness (QED) is 0.767. The maximum Gasteiger partial charge on any atom is 0.411 e. The summed E-state index contributed by atoms with van der Waals surface area (Å²) >= 11 is 0. The summed E-state index contributed by atoms with van der Waals surface area (Å²) < 4.78 is 24.9. The first-order valence-corrected chi connectivity index (χ1v) is 8.60. The van der Waals surface area contributed by atoms with Crippen molar-refractivity contribution >= 4 is 6.09 Å². The Balaban J connectivity index is 2.21. The zero-order chi connectivity index (χ0) is 20.2. The number of rotatable bonds is 7. The van der Waals surface area contributed by atoms with Gasteiger partial charge in [0.2, 0.25) is 0 Å². The molecule has 2 aromatic rings. The lowest BCUT2D eigenvalue weighted by Crippen LogP contribution is -2.43. The third-order valence-electron chi connectivity index (χ3n) is 3.80. The number of ether oxygens (including phenoxy) is 2. The summed E-state index contributed by atoms with van der Waals surface area (Å²) in [5.74, 6) is -0.283. The highest BCUT2D eigenvalue weighted by Crippen LogP contribution is 2.29. The number of aromatic nitrogens is 2. The van der Waals surface area contributed by atoms with E-state index >= 15 is 0 Å². The number of carbonyl (C=O) groups is 1. The molecule has 2 heterocycles. The van der Waals surface area contributed by atoms with E-state index in [-0.39, 0.29) is 5.56 Å². The molecule has 7 nitrogen and oxygen atoms in total. The van der Waals surface area contributed by atoms with Gasteiger partial charge in [0.15, 0.2) is 5.82 Å². The molecule has 2 aromatic heterocycles. The van der Waals surface area contributed by atoms with Gasteiger partial charge in [-0.15, -0.1) is 0 Å². The Bertz CT molecular complexity index is 825. The molecule has 2 rings (SSSR count). The zero-order valence-electron chi connectivity index (χ0n) is 16.0. The maximum atomic E-state index is 14.5. The molecule has 0 aromatic carbocycles. The summed E-state index contributed by atoms with van der Waals surface area (Å²) in [5, 5.41) is 0. The van der Waals surface area contributed by atoms with Crippen molar-refractivity contribution in [3.05, 3.63) is 35.9 Å². The first-order valence-electron chi connectivity index (χ1n) is 8.60. The average molecular weight is 376 g/mol. The van der Waals surface area contributed by atoms with Gasteiger partial charge in [0.25, 0.3) is 5.88 Å². The van der Waals surface area contributed by atoms with E-state index in [0.29, 0.717) is 29.7 Å². The lowest BCUT2D eigenvalue weighted by atomic mass is 9.93. The predicted octanol–water partition coefficient (Wildman–Crippen LogP) is 3.19. The summed E-state index contributed by atoms with van der Waals surface area (Å²) in [4.78, 5) is 18.9. The largest absolute Gasteiger partial charge is 0.490 e. The van der Waals surface area contributed by atoms with Gasteiger partial charge >= 0.3 is 6.09 Å². The Morgan fingerprint density at radius 3 is 2.63 bits per heavy atom. The van der Waals surface area contributed by atoms with Crippen molar-refractivity contribution in [3.63, 3.8) is 0 Å². The minimum absolute atomic E-state index is 0.138. The molecule has 1 unspecified atom stereocenters. The van der Waals surface area contributed by atoms with Crippen LogP contribution in [0.4, 0.5) is 9.18 Å². The fraction of sp³-hybridized carbons (Fsp3) is 0.421. The minimum atomic E-state index is -1.14. The highest BCUT2D eigenvalue weighted by Gasteiger charge is 2.22. The monoisotopic (exact) mass is 376 g/mol. The molecule has 0 saturated heterocycles. The van der Waals surface area contributed by atoms with Crippen LogP contribution in [0.1, 0.15) is 32.9 Å². The summed E-state index contributed by atoms with van der Waals surface area (Å²) in [7, 11) is 0. The molecule has 1 amide bonds. The molecular weight excluding hydrogens is 351 g/mol. The van der Waals surface area contributed by atoms with E-state index < -0.39 is 23.3 Å². The van der Waals surface area contributed by atoms with Gasteiger partial charge in [0.1, 0.15) is 12.4 Å². The summed E-state index contributed by atoms with van der Waals surface area (Å²) in [6.45, 7) is 8.25. The van der Waals surface area contributed by atoms with Crippen molar-refractivity contribution in [2.75, 3.05) is 6.61 Å². The van der Waals surface area contributed by atoms with Gasteiger partial charge < -0.3 is 20.9 Å². The number of pyridine rings is 2. The molecule has 4 N–H and O–H groups in total. The normalized spacial score (nSPS) is 13.3. The van der Waals surface area contributed by atoms with Gasteiger partial charge in [-0.2, -0.15) is 0 Å². The van der Waals surface area contributed by atoms with Crippen LogP contribution in [0.2, 0.25) is 0 Å². The van der Waals surface area contributed by atoms with Gasteiger partial charge in [-0.25, -0.2) is 19.2 Å². The Morgan fingerprint density at radius 1 is 1.33 bits per heavy atom. The highest BCUT2D eigenvalue weighted by molar-refractivity contribution is 5.69. The fourth-order valence-corrected chi connectivity index (χ4v) is 2.87. The SMILES string of the molecule is Cc1nc(-c2ccnc(OC(N)=O)c2F)ccc1OCC(C)(N)CC(C)C. The fourth-order valence-electron chi connectivity index (χ4n) is 2.87. The molecule has 0 aliphatic heterocycles. The average Bonchev–Trinajstić information content (AvgIpc) is 2.54.